The standard InChI is InChI=1S/C17H17NO6S/c1-10(19)18-8-11-6-7-15(25-11)13(20)9-24-17(22)12-4-3-5-14(23-2)16(12)21/h3-7,21H,8-9H2,1-2H3,(H,18,19). The lowest BCUT2D eigenvalue weighted by Crippen LogP contribution is -2.18. The van der Waals surface area contributed by atoms with Gasteiger partial charge in [-0.25, -0.2) is 4.79 Å². The van der Waals surface area contributed by atoms with Gasteiger partial charge < -0.3 is 19.9 Å². The second kappa shape index (κ2) is 8.29. The van der Waals surface area contributed by atoms with Crippen molar-refractivity contribution in [1.82, 2.24) is 5.32 Å². The Morgan fingerprint density at radius 3 is 2.64 bits per heavy atom. The van der Waals surface area contributed by atoms with Gasteiger partial charge in [-0.2, -0.15) is 0 Å². The van der Waals surface area contributed by atoms with Gasteiger partial charge in [0, 0.05) is 11.8 Å². The van der Waals surface area contributed by atoms with Crippen molar-refractivity contribution in [3.63, 3.8) is 0 Å². The van der Waals surface area contributed by atoms with Crippen LogP contribution in [0.15, 0.2) is 30.3 Å². The summed E-state index contributed by atoms with van der Waals surface area (Å²) in [7, 11) is 1.36. The number of aromatic hydroxyl groups is 1. The molecule has 0 bridgehead atoms. The predicted molar refractivity (Wildman–Crippen MR) is 91.1 cm³/mol. The fourth-order valence-corrected chi connectivity index (χ4v) is 2.84. The number of amides is 1. The summed E-state index contributed by atoms with van der Waals surface area (Å²) in [5.41, 5.74) is -0.0790. The third-order valence-corrected chi connectivity index (χ3v) is 4.35. The number of thiophene rings is 1. The first kappa shape index (κ1) is 18.5. The van der Waals surface area contributed by atoms with Gasteiger partial charge >= 0.3 is 5.97 Å². The van der Waals surface area contributed by atoms with Crippen LogP contribution in [0.25, 0.3) is 0 Å². The minimum Gasteiger partial charge on any atom is -0.504 e. The molecule has 1 heterocycles. The third kappa shape index (κ3) is 4.80. The molecule has 0 fully saturated rings. The zero-order chi connectivity index (χ0) is 18.4. The van der Waals surface area contributed by atoms with Crippen LogP contribution in [-0.4, -0.2) is 36.5 Å². The summed E-state index contributed by atoms with van der Waals surface area (Å²) in [4.78, 5) is 36.2. The Balaban J connectivity index is 1.96. The Bertz CT molecular complexity index is 798. The van der Waals surface area contributed by atoms with Crippen LogP contribution in [0.1, 0.15) is 31.8 Å². The number of nitrogens with one attached hydrogen (secondary N) is 1. The van der Waals surface area contributed by atoms with Crippen LogP contribution in [0.4, 0.5) is 0 Å². The Morgan fingerprint density at radius 2 is 1.96 bits per heavy atom. The second-order valence-corrected chi connectivity index (χ2v) is 6.20. The van der Waals surface area contributed by atoms with Crippen molar-refractivity contribution in [1.29, 1.82) is 0 Å². The monoisotopic (exact) mass is 363 g/mol. The Morgan fingerprint density at radius 1 is 1.20 bits per heavy atom. The van der Waals surface area contributed by atoms with Crippen LogP contribution < -0.4 is 10.1 Å². The SMILES string of the molecule is COc1cccc(C(=O)OCC(=O)c2ccc(CNC(C)=O)s2)c1O. The number of phenols is 1. The van der Waals surface area contributed by atoms with Gasteiger partial charge in [0.25, 0.3) is 0 Å². The molecule has 1 aromatic heterocycles. The lowest BCUT2D eigenvalue weighted by Gasteiger charge is -2.08. The first-order valence-electron chi connectivity index (χ1n) is 7.31. The van der Waals surface area contributed by atoms with Gasteiger partial charge in [-0.05, 0) is 24.3 Å². The summed E-state index contributed by atoms with van der Waals surface area (Å²) >= 11 is 1.21. The van der Waals surface area contributed by atoms with E-state index in [1.165, 1.54) is 43.6 Å². The lowest BCUT2D eigenvalue weighted by molar-refractivity contribution is -0.119. The summed E-state index contributed by atoms with van der Waals surface area (Å²) in [6.45, 7) is 1.30. The summed E-state index contributed by atoms with van der Waals surface area (Å²) in [5, 5.41) is 12.5. The summed E-state index contributed by atoms with van der Waals surface area (Å²) in [5.74, 6) is -1.54. The fraction of sp³-hybridized carbons (Fsp3) is 0.235. The zero-order valence-electron chi connectivity index (χ0n) is 13.7. The highest BCUT2D eigenvalue weighted by atomic mass is 32.1. The van der Waals surface area contributed by atoms with Crippen LogP contribution >= 0.6 is 11.3 Å². The van der Waals surface area contributed by atoms with Crippen LogP contribution in [0.5, 0.6) is 11.5 Å². The Kier molecular flexibility index (Phi) is 6.13. The van der Waals surface area contributed by atoms with Gasteiger partial charge in [-0.3, -0.25) is 9.59 Å². The molecule has 132 valence electrons. The van der Waals surface area contributed by atoms with E-state index in [0.717, 1.165) is 4.88 Å². The molecule has 8 heteroatoms. The number of esters is 1. The molecule has 2 aromatic rings. The van der Waals surface area contributed by atoms with Gasteiger partial charge in [-0.1, -0.05) is 6.07 Å². The molecule has 0 radical (unpaired) electrons. The number of carbonyl (C=O) groups is 3. The van der Waals surface area contributed by atoms with Gasteiger partial charge in [0.2, 0.25) is 11.7 Å². The van der Waals surface area contributed by atoms with E-state index in [4.69, 9.17) is 9.47 Å². The quantitative estimate of drug-likeness (QED) is 0.577. The van der Waals surface area contributed by atoms with E-state index in [1.807, 2.05) is 0 Å². The maximum absolute atomic E-state index is 12.1. The average molecular weight is 363 g/mol. The Hall–Kier alpha value is -2.87. The molecule has 0 aliphatic carbocycles. The normalized spacial score (nSPS) is 10.2. The average Bonchev–Trinajstić information content (AvgIpc) is 3.07. The molecular weight excluding hydrogens is 346 g/mol. The first-order valence-corrected chi connectivity index (χ1v) is 8.13. The molecule has 2 N–H and O–H groups in total. The molecule has 2 rings (SSSR count). The van der Waals surface area contributed by atoms with E-state index in [-0.39, 0.29) is 28.8 Å². The van der Waals surface area contributed by atoms with Gasteiger partial charge in [0.05, 0.1) is 18.5 Å². The molecule has 0 saturated carbocycles. The lowest BCUT2D eigenvalue weighted by atomic mass is 10.2. The van der Waals surface area contributed by atoms with E-state index in [2.05, 4.69) is 5.32 Å². The topological polar surface area (TPSA) is 102 Å². The highest BCUT2D eigenvalue weighted by Crippen LogP contribution is 2.29. The van der Waals surface area contributed by atoms with Crippen LogP contribution in [0.3, 0.4) is 0 Å². The van der Waals surface area contributed by atoms with Crippen LogP contribution in [0.2, 0.25) is 0 Å². The molecule has 0 aliphatic heterocycles. The number of para-hydroxylation sites is 1. The first-order chi connectivity index (χ1) is 11.9. The molecular formula is C17H17NO6S. The molecule has 7 nitrogen and oxygen atoms in total. The van der Waals surface area contributed by atoms with Crippen molar-refractivity contribution in [2.24, 2.45) is 0 Å². The molecule has 1 aromatic carbocycles. The number of phenolic OH excluding ortho intramolecular Hbond substituents is 1. The minimum atomic E-state index is -0.820. The highest BCUT2D eigenvalue weighted by molar-refractivity contribution is 7.14. The predicted octanol–water partition coefficient (Wildman–Crippen LogP) is 2.14. The van der Waals surface area contributed by atoms with E-state index in [0.29, 0.717) is 11.4 Å². The van der Waals surface area contributed by atoms with Crippen molar-refractivity contribution in [3.05, 3.63) is 45.6 Å². The maximum atomic E-state index is 12.1. The van der Waals surface area contributed by atoms with Gasteiger partial charge in [0.15, 0.2) is 18.1 Å². The third-order valence-electron chi connectivity index (χ3n) is 3.22. The largest absolute Gasteiger partial charge is 0.504 e. The summed E-state index contributed by atoms with van der Waals surface area (Å²) in [6, 6.07) is 7.75. The van der Waals surface area contributed by atoms with E-state index in [1.54, 1.807) is 12.1 Å². The number of methoxy groups -OCH3 is 1. The number of ketones is 1. The molecule has 25 heavy (non-hydrogen) atoms. The summed E-state index contributed by atoms with van der Waals surface area (Å²) in [6.07, 6.45) is 0. The fourth-order valence-electron chi connectivity index (χ4n) is 1.97. The van der Waals surface area contributed by atoms with Crippen molar-refractivity contribution in [3.8, 4) is 11.5 Å². The molecule has 0 saturated heterocycles. The van der Waals surface area contributed by atoms with E-state index < -0.39 is 12.6 Å². The van der Waals surface area contributed by atoms with Gasteiger partial charge in [0.1, 0.15) is 5.56 Å². The summed E-state index contributed by atoms with van der Waals surface area (Å²) < 4.78 is 9.89. The number of benzene rings is 1. The van der Waals surface area contributed by atoms with Crippen molar-refractivity contribution >= 4 is 29.0 Å². The molecule has 0 atom stereocenters. The van der Waals surface area contributed by atoms with Crippen LogP contribution in [0, 0.1) is 0 Å². The van der Waals surface area contributed by atoms with Crippen molar-refractivity contribution in [2.45, 2.75) is 13.5 Å². The second-order valence-electron chi connectivity index (χ2n) is 5.03. The van der Waals surface area contributed by atoms with Gasteiger partial charge in [-0.15, -0.1) is 11.3 Å². The maximum Gasteiger partial charge on any atom is 0.342 e. The zero-order valence-corrected chi connectivity index (χ0v) is 14.5. The smallest absolute Gasteiger partial charge is 0.342 e. The van der Waals surface area contributed by atoms with Crippen molar-refractivity contribution in [2.75, 3.05) is 13.7 Å². The van der Waals surface area contributed by atoms with Crippen molar-refractivity contribution < 1.29 is 29.0 Å². The molecule has 0 spiro atoms. The number of carbonyl (C=O) groups excluding carboxylic acids is 3. The van der Waals surface area contributed by atoms with E-state index >= 15 is 0 Å². The Labute approximate surface area is 148 Å². The number of hydrogen-bond acceptors (Lipinski definition) is 7. The highest BCUT2D eigenvalue weighted by Gasteiger charge is 2.18. The number of rotatable bonds is 7. The molecule has 1 amide bonds. The molecule has 0 aliphatic rings. The number of ether oxygens (including phenoxy) is 2. The number of Topliss-reactive ketones (excluding diaryl/α,β-unsaturated/α-hetero) is 1. The minimum absolute atomic E-state index is 0.0790. The number of hydrogen-bond donors (Lipinski definition) is 2. The van der Waals surface area contributed by atoms with Crippen LogP contribution in [-0.2, 0) is 16.1 Å². The van der Waals surface area contributed by atoms with E-state index in [9.17, 15) is 19.5 Å². The molecule has 0 unspecified atom stereocenters.